The molecule has 3 nitrogen and oxygen atoms in total. The van der Waals surface area contributed by atoms with Crippen LogP contribution in [0.4, 0.5) is 0 Å². The maximum atomic E-state index is 4.04. The lowest BCUT2D eigenvalue weighted by Gasteiger charge is -2.05. The number of hydrogen-bond acceptors (Lipinski definition) is 2. The van der Waals surface area contributed by atoms with Crippen molar-refractivity contribution >= 4 is 0 Å². The van der Waals surface area contributed by atoms with Crippen molar-refractivity contribution in [1.82, 2.24) is 15.0 Å². The van der Waals surface area contributed by atoms with E-state index in [-0.39, 0.29) is 0 Å². The lowest BCUT2D eigenvalue weighted by molar-refractivity contribution is 0.796. The number of nitrogens with zero attached hydrogens (tertiary/aromatic N) is 3. The first kappa shape index (κ1) is 8.94. The highest BCUT2D eigenvalue weighted by atomic mass is 15.4. The van der Waals surface area contributed by atoms with Crippen molar-refractivity contribution < 1.29 is 0 Å². The molecular formula is C11H13N3. The zero-order chi connectivity index (χ0) is 10.1. The van der Waals surface area contributed by atoms with Gasteiger partial charge in [0.05, 0.1) is 17.6 Å². The second-order valence-electron chi connectivity index (χ2n) is 3.59. The van der Waals surface area contributed by atoms with Gasteiger partial charge in [0.1, 0.15) is 0 Å². The van der Waals surface area contributed by atoms with Gasteiger partial charge in [-0.1, -0.05) is 22.9 Å². The van der Waals surface area contributed by atoms with Crippen molar-refractivity contribution in [2.45, 2.75) is 20.8 Å². The fraction of sp³-hybridized carbons (Fsp3) is 0.273. The molecule has 14 heavy (non-hydrogen) atoms. The van der Waals surface area contributed by atoms with E-state index in [9.17, 15) is 0 Å². The van der Waals surface area contributed by atoms with E-state index in [1.165, 1.54) is 11.1 Å². The van der Waals surface area contributed by atoms with Crippen LogP contribution in [0.25, 0.3) is 5.69 Å². The predicted octanol–water partition coefficient (Wildman–Crippen LogP) is 2.19. The monoisotopic (exact) mass is 187 g/mol. The fourth-order valence-electron chi connectivity index (χ4n) is 1.53. The molecule has 0 radical (unpaired) electrons. The summed E-state index contributed by atoms with van der Waals surface area (Å²) in [5.74, 6) is 0. The molecule has 0 unspecified atom stereocenters. The third-order valence-corrected chi connectivity index (χ3v) is 2.21. The maximum absolute atomic E-state index is 4.04. The first-order valence-corrected chi connectivity index (χ1v) is 4.63. The zero-order valence-corrected chi connectivity index (χ0v) is 8.65. The molecule has 1 aromatic carbocycles. The van der Waals surface area contributed by atoms with E-state index in [0.717, 1.165) is 11.4 Å². The average Bonchev–Trinajstić information content (AvgIpc) is 2.51. The van der Waals surface area contributed by atoms with Gasteiger partial charge in [0.25, 0.3) is 0 Å². The Morgan fingerprint density at radius 3 is 2.50 bits per heavy atom. The molecule has 2 aromatic rings. The van der Waals surface area contributed by atoms with Crippen LogP contribution in [-0.4, -0.2) is 15.0 Å². The predicted molar refractivity (Wildman–Crippen MR) is 55.6 cm³/mol. The van der Waals surface area contributed by atoms with Crippen LogP contribution in [0, 0.1) is 20.8 Å². The minimum Gasteiger partial charge on any atom is -0.220 e. The molecule has 0 amide bonds. The minimum atomic E-state index is 0.935. The number of aryl methyl sites for hydroxylation is 3. The summed E-state index contributed by atoms with van der Waals surface area (Å²) in [5, 5.41) is 8.01. The summed E-state index contributed by atoms with van der Waals surface area (Å²) in [6.07, 6.45) is 1.93. The second kappa shape index (κ2) is 3.25. The van der Waals surface area contributed by atoms with Gasteiger partial charge >= 0.3 is 0 Å². The first-order valence-electron chi connectivity index (χ1n) is 4.63. The molecule has 2 rings (SSSR count). The van der Waals surface area contributed by atoms with Crippen LogP contribution in [0.3, 0.4) is 0 Å². The summed E-state index contributed by atoms with van der Waals surface area (Å²) in [6.45, 7) is 6.11. The summed E-state index contributed by atoms with van der Waals surface area (Å²) >= 11 is 0. The summed E-state index contributed by atoms with van der Waals surface area (Å²) < 4.78 is 1.81. The van der Waals surface area contributed by atoms with Gasteiger partial charge < -0.3 is 0 Å². The Bertz CT molecular complexity index is 457. The van der Waals surface area contributed by atoms with Crippen molar-refractivity contribution in [3.8, 4) is 5.69 Å². The third kappa shape index (κ3) is 1.53. The van der Waals surface area contributed by atoms with Gasteiger partial charge in [-0.05, 0) is 32.4 Å². The summed E-state index contributed by atoms with van der Waals surface area (Å²) in [6, 6.07) is 6.30. The quantitative estimate of drug-likeness (QED) is 0.685. The largest absolute Gasteiger partial charge is 0.220 e. The number of hydrogen-bond donors (Lipinski definition) is 0. The van der Waals surface area contributed by atoms with Crippen molar-refractivity contribution in [2.75, 3.05) is 0 Å². The van der Waals surface area contributed by atoms with Gasteiger partial charge in [-0.15, -0.1) is 5.10 Å². The lowest BCUT2D eigenvalue weighted by atomic mass is 10.1. The van der Waals surface area contributed by atoms with Crippen LogP contribution in [-0.2, 0) is 0 Å². The van der Waals surface area contributed by atoms with E-state index in [1.54, 1.807) is 0 Å². The van der Waals surface area contributed by atoms with Gasteiger partial charge in [-0.3, -0.25) is 0 Å². The van der Waals surface area contributed by atoms with Crippen LogP contribution in [0.2, 0.25) is 0 Å². The van der Waals surface area contributed by atoms with Crippen molar-refractivity contribution in [3.63, 3.8) is 0 Å². The minimum absolute atomic E-state index is 0.935. The summed E-state index contributed by atoms with van der Waals surface area (Å²) in [5.41, 5.74) is 4.51. The van der Waals surface area contributed by atoms with Crippen LogP contribution < -0.4 is 0 Å². The Hall–Kier alpha value is -1.64. The van der Waals surface area contributed by atoms with Crippen molar-refractivity contribution in [2.24, 2.45) is 0 Å². The Labute approximate surface area is 83.4 Å². The van der Waals surface area contributed by atoms with E-state index < -0.39 is 0 Å². The van der Waals surface area contributed by atoms with E-state index in [2.05, 4.69) is 42.4 Å². The average molecular weight is 187 g/mol. The highest BCUT2D eigenvalue weighted by molar-refractivity contribution is 5.41. The molecule has 1 aromatic heterocycles. The van der Waals surface area contributed by atoms with Crippen LogP contribution in [0.5, 0.6) is 0 Å². The van der Waals surface area contributed by atoms with E-state index in [1.807, 2.05) is 17.8 Å². The highest BCUT2D eigenvalue weighted by Gasteiger charge is 2.02. The van der Waals surface area contributed by atoms with Crippen LogP contribution >= 0.6 is 0 Å². The molecular weight excluding hydrogens is 174 g/mol. The molecule has 0 bridgehead atoms. The maximum Gasteiger partial charge on any atom is 0.0800 e. The van der Waals surface area contributed by atoms with Crippen molar-refractivity contribution in [1.29, 1.82) is 0 Å². The molecule has 0 aliphatic heterocycles. The molecule has 0 aliphatic carbocycles. The van der Waals surface area contributed by atoms with Gasteiger partial charge in [-0.2, -0.15) is 0 Å². The van der Waals surface area contributed by atoms with E-state index in [4.69, 9.17) is 0 Å². The number of aromatic nitrogens is 3. The molecule has 0 spiro atoms. The summed E-state index contributed by atoms with van der Waals surface area (Å²) in [4.78, 5) is 0. The van der Waals surface area contributed by atoms with Gasteiger partial charge in [0.2, 0.25) is 0 Å². The normalized spacial score (nSPS) is 10.5. The molecule has 1 heterocycles. The van der Waals surface area contributed by atoms with Gasteiger partial charge in [-0.25, -0.2) is 4.68 Å². The standard InChI is InChI=1S/C11H13N3/c1-8-4-5-11(9(2)6-8)14-7-10(3)12-13-14/h4-7H,1-3H3. The van der Waals surface area contributed by atoms with Crippen LogP contribution in [0.15, 0.2) is 24.4 Å². The SMILES string of the molecule is Cc1ccc(-n2cc(C)nn2)c(C)c1. The third-order valence-electron chi connectivity index (χ3n) is 2.21. The number of benzene rings is 1. The highest BCUT2D eigenvalue weighted by Crippen LogP contribution is 2.14. The van der Waals surface area contributed by atoms with E-state index >= 15 is 0 Å². The number of rotatable bonds is 1. The molecule has 0 aliphatic rings. The molecule has 3 heteroatoms. The molecule has 0 fully saturated rings. The van der Waals surface area contributed by atoms with Gasteiger partial charge in [0.15, 0.2) is 0 Å². The molecule has 0 atom stereocenters. The summed E-state index contributed by atoms with van der Waals surface area (Å²) in [7, 11) is 0. The van der Waals surface area contributed by atoms with E-state index in [0.29, 0.717) is 0 Å². The topological polar surface area (TPSA) is 30.7 Å². The van der Waals surface area contributed by atoms with Crippen LogP contribution in [0.1, 0.15) is 16.8 Å². The second-order valence-corrected chi connectivity index (χ2v) is 3.59. The first-order chi connectivity index (χ1) is 6.66. The van der Waals surface area contributed by atoms with Crippen molar-refractivity contribution in [3.05, 3.63) is 41.2 Å². The Morgan fingerprint density at radius 1 is 1.14 bits per heavy atom. The Balaban J connectivity index is 2.52. The fourth-order valence-corrected chi connectivity index (χ4v) is 1.53. The smallest absolute Gasteiger partial charge is 0.0800 e. The Morgan fingerprint density at radius 2 is 1.93 bits per heavy atom. The molecule has 0 saturated carbocycles. The molecule has 0 saturated heterocycles. The van der Waals surface area contributed by atoms with Gasteiger partial charge in [0, 0.05) is 0 Å². The molecule has 0 N–H and O–H groups in total. The Kier molecular flexibility index (Phi) is 2.08. The lowest BCUT2D eigenvalue weighted by Crippen LogP contribution is -1.97. The molecule has 72 valence electrons. The zero-order valence-electron chi connectivity index (χ0n) is 8.65.